The van der Waals surface area contributed by atoms with Gasteiger partial charge in [0.05, 0.1) is 0 Å². The number of hydrogen-bond donors (Lipinski definition) is 0. The fraction of sp³-hybridized carbons (Fsp3) is 0.130. The van der Waals surface area contributed by atoms with Crippen molar-refractivity contribution >= 4 is 21.5 Å². The molecule has 0 nitrogen and oxygen atoms in total. The minimum atomic E-state index is 1.13. The van der Waals surface area contributed by atoms with Gasteiger partial charge in [0.15, 0.2) is 0 Å². The second-order valence-electron chi connectivity index (χ2n) is 6.42. The van der Waals surface area contributed by atoms with Gasteiger partial charge < -0.3 is 0 Å². The zero-order valence-corrected chi connectivity index (χ0v) is 13.3. The summed E-state index contributed by atoms with van der Waals surface area (Å²) in [6, 6.07) is 24.6. The van der Waals surface area contributed by atoms with E-state index in [0.29, 0.717) is 0 Å². The Balaban J connectivity index is 2.09. The van der Waals surface area contributed by atoms with Crippen molar-refractivity contribution in [1.29, 1.82) is 0 Å². The van der Waals surface area contributed by atoms with Crippen LogP contribution in [-0.2, 0) is 6.42 Å². The van der Waals surface area contributed by atoms with Gasteiger partial charge in [-0.2, -0.15) is 0 Å². The highest BCUT2D eigenvalue weighted by Gasteiger charge is 2.25. The van der Waals surface area contributed by atoms with E-state index in [1.165, 1.54) is 55.8 Å². The summed E-state index contributed by atoms with van der Waals surface area (Å²) >= 11 is 0. The van der Waals surface area contributed by atoms with Crippen LogP contribution in [0.5, 0.6) is 0 Å². The van der Waals surface area contributed by atoms with Gasteiger partial charge in [-0.25, -0.2) is 0 Å². The number of benzene rings is 4. The van der Waals surface area contributed by atoms with Gasteiger partial charge in [-0.15, -0.1) is 0 Å². The highest BCUT2D eigenvalue weighted by Crippen LogP contribution is 2.51. The standard InChI is InChI=1S/C23H18/c1-2-8-18-15-9-3-4-10-16(15)20-13-7-14-21-17-11-5-6-12-19(17)22(18)23(20)21/h3-7,9-14H,2,8H2,1H3. The minimum Gasteiger partial charge on any atom is -0.0651 e. The highest BCUT2D eigenvalue weighted by atomic mass is 14.3. The number of rotatable bonds is 2. The van der Waals surface area contributed by atoms with E-state index in [1.807, 2.05) is 0 Å². The van der Waals surface area contributed by atoms with Crippen LogP contribution in [0.25, 0.3) is 43.8 Å². The molecule has 1 aliphatic rings. The van der Waals surface area contributed by atoms with E-state index in [4.69, 9.17) is 0 Å². The SMILES string of the molecule is CCCc1c2c3c(cccc3c3ccccc13)-c1ccccc1-2. The minimum absolute atomic E-state index is 1.13. The van der Waals surface area contributed by atoms with Crippen molar-refractivity contribution in [2.24, 2.45) is 0 Å². The lowest BCUT2D eigenvalue weighted by Crippen LogP contribution is -1.92. The average molecular weight is 294 g/mol. The fourth-order valence-electron chi connectivity index (χ4n) is 4.28. The van der Waals surface area contributed by atoms with Gasteiger partial charge in [-0.05, 0) is 55.8 Å². The first-order valence-corrected chi connectivity index (χ1v) is 8.46. The predicted molar refractivity (Wildman–Crippen MR) is 99.9 cm³/mol. The van der Waals surface area contributed by atoms with Crippen LogP contribution >= 0.6 is 0 Å². The second-order valence-corrected chi connectivity index (χ2v) is 6.42. The third-order valence-corrected chi connectivity index (χ3v) is 5.15. The first-order valence-electron chi connectivity index (χ1n) is 8.46. The second kappa shape index (κ2) is 4.70. The van der Waals surface area contributed by atoms with Crippen LogP contribution in [-0.4, -0.2) is 0 Å². The van der Waals surface area contributed by atoms with E-state index in [2.05, 4.69) is 73.7 Å². The Morgan fingerprint density at radius 3 is 2.09 bits per heavy atom. The summed E-state index contributed by atoms with van der Waals surface area (Å²) in [4.78, 5) is 0. The largest absolute Gasteiger partial charge is 0.0651 e. The molecule has 0 fully saturated rings. The zero-order chi connectivity index (χ0) is 15.4. The lowest BCUT2D eigenvalue weighted by Gasteiger charge is -2.14. The Hall–Kier alpha value is -2.60. The molecule has 0 saturated heterocycles. The van der Waals surface area contributed by atoms with Crippen molar-refractivity contribution in [2.45, 2.75) is 19.8 Å². The van der Waals surface area contributed by atoms with Gasteiger partial charge in [0.2, 0.25) is 0 Å². The van der Waals surface area contributed by atoms with Crippen LogP contribution in [0, 0.1) is 0 Å². The molecule has 110 valence electrons. The molecule has 0 N–H and O–H groups in total. The van der Waals surface area contributed by atoms with Gasteiger partial charge in [0.25, 0.3) is 0 Å². The first kappa shape index (κ1) is 12.9. The Morgan fingerprint density at radius 1 is 0.609 bits per heavy atom. The summed E-state index contributed by atoms with van der Waals surface area (Å²) in [5, 5.41) is 5.66. The Labute approximate surface area is 136 Å². The summed E-state index contributed by atoms with van der Waals surface area (Å²) in [6.45, 7) is 2.28. The highest BCUT2D eigenvalue weighted by molar-refractivity contribution is 6.24. The Kier molecular flexibility index (Phi) is 2.63. The van der Waals surface area contributed by atoms with Gasteiger partial charge in [0.1, 0.15) is 0 Å². The first-order chi connectivity index (χ1) is 11.4. The van der Waals surface area contributed by atoms with E-state index in [9.17, 15) is 0 Å². The molecular weight excluding hydrogens is 276 g/mol. The van der Waals surface area contributed by atoms with E-state index in [1.54, 1.807) is 0 Å². The average Bonchev–Trinajstić information content (AvgIpc) is 2.95. The van der Waals surface area contributed by atoms with Crippen LogP contribution in [0.2, 0.25) is 0 Å². The quantitative estimate of drug-likeness (QED) is 0.322. The Morgan fingerprint density at radius 2 is 1.26 bits per heavy atom. The summed E-state index contributed by atoms with van der Waals surface area (Å²) in [5.74, 6) is 0. The third kappa shape index (κ3) is 1.61. The zero-order valence-electron chi connectivity index (χ0n) is 13.3. The maximum atomic E-state index is 2.30. The van der Waals surface area contributed by atoms with Crippen molar-refractivity contribution in [3.8, 4) is 22.3 Å². The van der Waals surface area contributed by atoms with E-state index in [-0.39, 0.29) is 0 Å². The molecule has 0 unspecified atom stereocenters. The molecule has 4 aromatic carbocycles. The molecule has 0 aromatic heterocycles. The van der Waals surface area contributed by atoms with E-state index >= 15 is 0 Å². The molecule has 5 rings (SSSR count). The molecule has 0 spiro atoms. The lowest BCUT2D eigenvalue weighted by atomic mass is 9.89. The van der Waals surface area contributed by atoms with Crippen LogP contribution in [0.4, 0.5) is 0 Å². The molecule has 0 atom stereocenters. The van der Waals surface area contributed by atoms with Gasteiger partial charge in [-0.1, -0.05) is 80.1 Å². The van der Waals surface area contributed by atoms with Crippen molar-refractivity contribution in [3.63, 3.8) is 0 Å². The molecular formula is C23H18. The van der Waals surface area contributed by atoms with Crippen LogP contribution in [0.1, 0.15) is 18.9 Å². The molecule has 0 heteroatoms. The molecule has 0 aliphatic heterocycles. The predicted octanol–water partition coefficient (Wildman–Crippen LogP) is 6.59. The number of fused-ring (bicyclic) bond motifs is 5. The van der Waals surface area contributed by atoms with Crippen molar-refractivity contribution in [3.05, 3.63) is 72.3 Å². The summed E-state index contributed by atoms with van der Waals surface area (Å²) < 4.78 is 0. The topological polar surface area (TPSA) is 0 Å². The van der Waals surface area contributed by atoms with Gasteiger partial charge in [0, 0.05) is 0 Å². The third-order valence-electron chi connectivity index (χ3n) is 5.15. The lowest BCUT2D eigenvalue weighted by molar-refractivity contribution is 0.933. The molecule has 0 radical (unpaired) electrons. The van der Waals surface area contributed by atoms with Crippen LogP contribution < -0.4 is 0 Å². The van der Waals surface area contributed by atoms with Crippen molar-refractivity contribution < 1.29 is 0 Å². The molecule has 1 aliphatic carbocycles. The molecule has 0 bridgehead atoms. The Bertz CT molecular complexity index is 1070. The smallest absolute Gasteiger partial charge is 0.00171 e. The number of aryl methyl sites for hydroxylation is 1. The molecule has 4 aromatic rings. The van der Waals surface area contributed by atoms with Crippen LogP contribution in [0.3, 0.4) is 0 Å². The summed E-state index contributed by atoms with van der Waals surface area (Å²) in [7, 11) is 0. The van der Waals surface area contributed by atoms with Crippen molar-refractivity contribution in [2.75, 3.05) is 0 Å². The molecule has 23 heavy (non-hydrogen) atoms. The fourth-order valence-corrected chi connectivity index (χ4v) is 4.28. The maximum Gasteiger partial charge on any atom is -0.00171 e. The molecule has 0 heterocycles. The maximum absolute atomic E-state index is 2.30. The summed E-state index contributed by atoms with van der Waals surface area (Å²) in [5.41, 5.74) is 7.20. The monoisotopic (exact) mass is 294 g/mol. The van der Waals surface area contributed by atoms with E-state index < -0.39 is 0 Å². The van der Waals surface area contributed by atoms with Crippen molar-refractivity contribution in [1.82, 2.24) is 0 Å². The normalized spacial score (nSPS) is 12.0. The van der Waals surface area contributed by atoms with Gasteiger partial charge in [-0.3, -0.25) is 0 Å². The molecule has 0 saturated carbocycles. The van der Waals surface area contributed by atoms with Gasteiger partial charge >= 0.3 is 0 Å². The van der Waals surface area contributed by atoms with Crippen LogP contribution in [0.15, 0.2) is 66.7 Å². The summed E-state index contributed by atoms with van der Waals surface area (Å²) in [6.07, 6.45) is 2.31. The number of hydrogen-bond acceptors (Lipinski definition) is 0. The molecule has 0 amide bonds. The van der Waals surface area contributed by atoms with E-state index in [0.717, 1.165) is 6.42 Å².